The third kappa shape index (κ3) is 5.75. The lowest BCUT2D eigenvalue weighted by Crippen LogP contribution is -2.56. The summed E-state index contributed by atoms with van der Waals surface area (Å²) >= 11 is 0. The number of hydrogen-bond acceptors (Lipinski definition) is 8. The molecular weight excluding hydrogens is 570 g/mol. The molecule has 2 saturated heterocycles. The number of nitrogens with one attached hydrogen (secondary N) is 2. The van der Waals surface area contributed by atoms with Gasteiger partial charge < -0.3 is 36.0 Å². The fourth-order valence-corrected chi connectivity index (χ4v) is 7.22. The van der Waals surface area contributed by atoms with E-state index in [0.717, 1.165) is 57.8 Å². The number of amides is 3. The fourth-order valence-electron chi connectivity index (χ4n) is 7.22. The van der Waals surface area contributed by atoms with Crippen molar-refractivity contribution in [1.82, 2.24) is 29.5 Å². The summed E-state index contributed by atoms with van der Waals surface area (Å²) in [4.78, 5) is 38.5. The first kappa shape index (κ1) is 30.4. The topological polar surface area (TPSA) is 128 Å². The lowest BCUT2D eigenvalue weighted by atomic mass is 9.82. The summed E-state index contributed by atoms with van der Waals surface area (Å²) in [7, 11) is 2.04. The summed E-state index contributed by atoms with van der Waals surface area (Å²) < 4.78 is 32.6. The van der Waals surface area contributed by atoms with Crippen molar-refractivity contribution in [1.29, 1.82) is 0 Å². The van der Waals surface area contributed by atoms with Gasteiger partial charge in [0.05, 0.1) is 23.6 Å². The monoisotopic (exact) mass is 614 g/mol. The molecule has 4 aliphatic rings. The van der Waals surface area contributed by atoms with Crippen molar-refractivity contribution >= 4 is 34.9 Å². The predicted octanol–water partition coefficient (Wildman–Crippen LogP) is 3.33. The van der Waals surface area contributed by atoms with Crippen molar-refractivity contribution in [3.05, 3.63) is 23.8 Å². The van der Waals surface area contributed by atoms with Crippen molar-refractivity contribution in [3.63, 3.8) is 0 Å². The molecule has 240 valence electrons. The maximum absolute atomic E-state index is 15.7. The molecule has 1 unspecified atom stereocenters. The van der Waals surface area contributed by atoms with Crippen LogP contribution in [0.5, 0.6) is 0 Å². The Bertz CT molecular complexity index is 1340. The van der Waals surface area contributed by atoms with E-state index < -0.39 is 23.4 Å². The van der Waals surface area contributed by atoms with E-state index in [9.17, 15) is 9.59 Å². The number of rotatable bonds is 3. The molecule has 1 aliphatic carbocycles. The third-order valence-electron chi connectivity index (χ3n) is 9.82. The van der Waals surface area contributed by atoms with Crippen LogP contribution in [0.25, 0.3) is 0 Å². The van der Waals surface area contributed by atoms with E-state index in [4.69, 9.17) is 5.73 Å². The molecule has 0 bridgehead atoms. The van der Waals surface area contributed by atoms with Crippen molar-refractivity contribution < 1.29 is 18.4 Å². The molecule has 6 rings (SSSR count). The Kier molecular flexibility index (Phi) is 8.79. The second kappa shape index (κ2) is 12.7. The molecular formula is C30H44F2N10O2. The van der Waals surface area contributed by atoms with Crippen LogP contribution >= 0.6 is 0 Å². The number of anilines is 4. The quantitative estimate of drug-likeness (QED) is 0.481. The Balaban J connectivity index is 1.20. The number of alkyl halides is 1. The largest absolute Gasteiger partial charge is 0.381 e. The van der Waals surface area contributed by atoms with Crippen LogP contribution < -0.4 is 21.3 Å². The molecule has 12 nitrogen and oxygen atoms in total. The van der Waals surface area contributed by atoms with Crippen molar-refractivity contribution in [2.24, 2.45) is 0 Å². The summed E-state index contributed by atoms with van der Waals surface area (Å²) in [6.45, 7) is 4.78. The summed E-state index contributed by atoms with van der Waals surface area (Å²) in [6.07, 6.45) is 8.74. The van der Waals surface area contributed by atoms with Gasteiger partial charge >= 0.3 is 6.03 Å². The minimum absolute atomic E-state index is 0.000271. The number of carbonyl (C=O) groups is 2. The number of halogens is 2. The van der Waals surface area contributed by atoms with Crippen LogP contribution in [0.4, 0.5) is 36.6 Å². The maximum atomic E-state index is 15.7. The summed E-state index contributed by atoms with van der Waals surface area (Å²) in [5.74, 6) is -0.741. The van der Waals surface area contributed by atoms with E-state index in [1.807, 2.05) is 16.8 Å². The number of nitrogen functional groups attached to an aromatic ring is 1. The molecule has 2 aromatic rings. The number of nitrogens with zero attached hydrogens (tertiary/aromatic N) is 7. The van der Waals surface area contributed by atoms with E-state index in [1.165, 1.54) is 6.20 Å². The molecule has 0 aromatic carbocycles. The van der Waals surface area contributed by atoms with Crippen LogP contribution in [0.2, 0.25) is 0 Å². The number of urea groups is 1. The minimum Gasteiger partial charge on any atom is -0.381 e. The SMILES string of the molecule is CN1CCN(C(=O)N2CCN(c3c(F)cncc3NC(=O)c3c(N)nn4c3NCC(F)C43CCCCCCCC3)CC2)CC1. The lowest BCUT2D eigenvalue weighted by Gasteiger charge is -2.42. The van der Waals surface area contributed by atoms with Gasteiger partial charge in [-0.1, -0.05) is 38.5 Å². The van der Waals surface area contributed by atoms with Crippen LogP contribution in [0.3, 0.4) is 0 Å². The zero-order chi connectivity index (χ0) is 30.8. The molecule has 1 saturated carbocycles. The molecule has 3 fully saturated rings. The summed E-state index contributed by atoms with van der Waals surface area (Å²) in [6, 6.07) is 0.00337. The van der Waals surface area contributed by atoms with E-state index in [1.54, 1.807) is 9.58 Å². The second-order valence-corrected chi connectivity index (χ2v) is 12.6. The molecule has 2 aromatic heterocycles. The molecule has 3 aliphatic heterocycles. The van der Waals surface area contributed by atoms with Crippen LogP contribution in [0.15, 0.2) is 12.4 Å². The number of hydrogen-bond donors (Lipinski definition) is 3. The molecule has 14 heteroatoms. The first-order chi connectivity index (χ1) is 21.3. The van der Waals surface area contributed by atoms with Crippen LogP contribution in [-0.4, -0.2) is 114 Å². The number of carbonyl (C=O) groups excluding carboxylic acids is 2. The van der Waals surface area contributed by atoms with E-state index in [0.29, 0.717) is 57.9 Å². The average Bonchev–Trinajstić information content (AvgIpc) is 3.42. The molecule has 44 heavy (non-hydrogen) atoms. The van der Waals surface area contributed by atoms with Crippen LogP contribution in [0.1, 0.15) is 61.7 Å². The van der Waals surface area contributed by atoms with Gasteiger partial charge in [0, 0.05) is 58.9 Å². The molecule has 5 heterocycles. The van der Waals surface area contributed by atoms with Crippen LogP contribution in [0, 0.1) is 5.82 Å². The van der Waals surface area contributed by atoms with E-state index in [2.05, 4.69) is 25.6 Å². The summed E-state index contributed by atoms with van der Waals surface area (Å²) in [5.41, 5.74) is 6.01. The Hall–Kier alpha value is -3.68. The number of aromatic nitrogens is 3. The van der Waals surface area contributed by atoms with Gasteiger partial charge in [0.1, 0.15) is 23.2 Å². The molecule has 1 spiro atoms. The highest BCUT2D eigenvalue weighted by atomic mass is 19.1. The molecule has 4 N–H and O–H groups in total. The van der Waals surface area contributed by atoms with E-state index >= 15 is 8.78 Å². The number of pyridine rings is 1. The second-order valence-electron chi connectivity index (χ2n) is 12.6. The third-order valence-corrected chi connectivity index (χ3v) is 9.82. The van der Waals surface area contributed by atoms with Gasteiger partial charge in [-0.25, -0.2) is 18.3 Å². The lowest BCUT2D eigenvalue weighted by molar-refractivity contribution is 0.0754. The standard InChI is InChI=1S/C30H44F2N10O2/c1-38-10-12-40(13-11-38)29(44)41-16-14-39(15-17-41)25-21(31)18-34-19-22(25)36-28(43)24-26(33)37-42-27(24)35-20-23(32)30(42)8-6-4-2-3-5-7-9-30/h18-19,23,35H,2-17,20H2,1H3,(H2,33,37)(H,36,43). The average molecular weight is 615 g/mol. The molecule has 1 atom stereocenters. The maximum Gasteiger partial charge on any atom is 0.320 e. The first-order valence-corrected chi connectivity index (χ1v) is 16.0. The highest BCUT2D eigenvalue weighted by molar-refractivity contribution is 6.12. The summed E-state index contributed by atoms with van der Waals surface area (Å²) in [5, 5.41) is 10.4. The van der Waals surface area contributed by atoms with Gasteiger partial charge in [-0.3, -0.25) is 9.78 Å². The number of likely N-dealkylation sites (N-methyl/N-ethyl adjacent to an activating group) is 1. The minimum atomic E-state index is -1.16. The predicted molar refractivity (Wildman–Crippen MR) is 165 cm³/mol. The fraction of sp³-hybridized carbons (Fsp3) is 0.667. The highest BCUT2D eigenvalue weighted by Crippen LogP contribution is 2.44. The number of nitrogens with two attached hydrogens (primary N) is 1. The molecule has 3 amide bonds. The Morgan fingerprint density at radius 3 is 2.23 bits per heavy atom. The van der Waals surface area contributed by atoms with Gasteiger partial charge in [0.15, 0.2) is 11.6 Å². The highest BCUT2D eigenvalue weighted by Gasteiger charge is 2.47. The zero-order valence-corrected chi connectivity index (χ0v) is 25.5. The Morgan fingerprint density at radius 2 is 1.57 bits per heavy atom. The van der Waals surface area contributed by atoms with Gasteiger partial charge in [0.25, 0.3) is 5.91 Å². The van der Waals surface area contributed by atoms with Gasteiger partial charge in [0.2, 0.25) is 0 Å². The smallest absolute Gasteiger partial charge is 0.320 e. The van der Waals surface area contributed by atoms with Crippen molar-refractivity contribution in [3.8, 4) is 0 Å². The normalized spacial score (nSPS) is 22.9. The van der Waals surface area contributed by atoms with Crippen LogP contribution in [-0.2, 0) is 5.54 Å². The Morgan fingerprint density at radius 1 is 0.955 bits per heavy atom. The van der Waals surface area contributed by atoms with Crippen molar-refractivity contribution in [2.45, 2.75) is 63.1 Å². The van der Waals surface area contributed by atoms with Gasteiger partial charge in [-0.15, -0.1) is 0 Å². The van der Waals surface area contributed by atoms with E-state index in [-0.39, 0.29) is 35.3 Å². The number of fused-ring (bicyclic) bond motifs is 2. The zero-order valence-electron chi connectivity index (χ0n) is 25.5. The Labute approximate surface area is 256 Å². The molecule has 0 radical (unpaired) electrons. The first-order valence-electron chi connectivity index (χ1n) is 16.0. The van der Waals surface area contributed by atoms with Crippen molar-refractivity contribution in [2.75, 3.05) is 87.2 Å². The number of piperazine rings is 2. The van der Waals surface area contributed by atoms with Gasteiger partial charge in [-0.05, 0) is 19.9 Å². The van der Waals surface area contributed by atoms with Gasteiger partial charge in [-0.2, -0.15) is 5.10 Å².